The number of ether oxygens (including phenoxy) is 1. The number of nitrogens with zero attached hydrogens (tertiary/aromatic N) is 2. The van der Waals surface area contributed by atoms with E-state index in [1.54, 1.807) is 25.5 Å². The van der Waals surface area contributed by atoms with E-state index in [2.05, 4.69) is 9.97 Å². The molecule has 4 aromatic rings. The molecule has 1 atom stereocenters. The second-order valence-corrected chi connectivity index (χ2v) is 6.90. The van der Waals surface area contributed by atoms with E-state index < -0.39 is 11.4 Å². The van der Waals surface area contributed by atoms with Crippen LogP contribution in [0.4, 0.5) is 0 Å². The Kier molecular flexibility index (Phi) is 5.18. The van der Waals surface area contributed by atoms with Crippen molar-refractivity contribution in [3.05, 3.63) is 99.3 Å². The number of pyridine rings is 1. The van der Waals surface area contributed by atoms with Gasteiger partial charge in [0.2, 0.25) is 5.43 Å². The van der Waals surface area contributed by atoms with Gasteiger partial charge in [-0.1, -0.05) is 41.9 Å². The Bertz CT molecular complexity index is 1220. The molecule has 0 radical (unpaired) electrons. The Balaban J connectivity index is 1.89. The van der Waals surface area contributed by atoms with Gasteiger partial charge < -0.3 is 14.3 Å². The van der Waals surface area contributed by atoms with Crippen LogP contribution in [0.25, 0.3) is 10.9 Å². The molecule has 1 N–H and O–H groups in total. The molecule has 0 aliphatic heterocycles. The van der Waals surface area contributed by atoms with Crippen LogP contribution in [0.3, 0.4) is 0 Å². The number of hydrogen-bond acceptors (Lipinski definition) is 4. The zero-order valence-corrected chi connectivity index (χ0v) is 16.4. The van der Waals surface area contributed by atoms with Crippen LogP contribution in [0, 0.1) is 0 Å². The van der Waals surface area contributed by atoms with Crippen molar-refractivity contribution in [2.75, 3.05) is 6.61 Å². The summed E-state index contributed by atoms with van der Waals surface area (Å²) >= 11 is 6.63. The lowest BCUT2D eigenvalue weighted by Gasteiger charge is -2.21. The molecule has 4 rings (SSSR count). The van der Waals surface area contributed by atoms with Gasteiger partial charge in [0.1, 0.15) is 5.56 Å². The monoisotopic (exact) mass is 407 g/mol. The summed E-state index contributed by atoms with van der Waals surface area (Å²) in [5.41, 5.74) is 1.96. The number of hydrogen-bond donors (Lipinski definition) is 1. The highest BCUT2D eigenvalue weighted by atomic mass is 35.5. The number of esters is 1. The first-order valence-electron chi connectivity index (χ1n) is 9.14. The molecule has 0 spiro atoms. The molecule has 7 heteroatoms. The van der Waals surface area contributed by atoms with E-state index in [4.69, 9.17) is 16.3 Å². The number of halogens is 1. The Morgan fingerprint density at radius 2 is 2.07 bits per heavy atom. The van der Waals surface area contributed by atoms with Gasteiger partial charge in [0.15, 0.2) is 0 Å². The van der Waals surface area contributed by atoms with Crippen molar-refractivity contribution < 1.29 is 9.53 Å². The number of aromatic amines is 1. The SMILES string of the molecule is CCOC(=O)c1c[nH]c2cc(C(c3ccccc3)n3ccnc3)c(Cl)cc2c1=O. The van der Waals surface area contributed by atoms with Crippen molar-refractivity contribution in [2.45, 2.75) is 13.0 Å². The maximum Gasteiger partial charge on any atom is 0.343 e. The minimum absolute atomic E-state index is 0.0441. The van der Waals surface area contributed by atoms with Crippen LogP contribution in [0.15, 0.2) is 72.2 Å². The topological polar surface area (TPSA) is 77.0 Å². The van der Waals surface area contributed by atoms with Gasteiger partial charge >= 0.3 is 5.97 Å². The third kappa shape index (κ3) is 3.54. The number of imidazole rings is 1. The van der Waals surface area contributed by atoms with Crippen LogP contribution in [-0.2, 0) is 4.74 Å². The molecule has 0 amide bonds. The number of carbonyl (C=O) groups is 1. The van der Waals surface area contributed by atoms with Crippen LogP contribution in [0.5, 0.6) is 0 Å². The Labute approximate surface area is 171 Å². The van der Waals surface area contributed by atoms with E-state index >= 15 is 0 Å². The molecule has 146 valence electrons. The van der Waals surface area contributed by atoms with Crippen molar-refractivity contribution >= 4 is 28.5 Å². The number of rotatable bonds is 5. The van der Waals surface area contributed by atoms with Gasteiger partial charge in [0.05, 0.1) is 19.0 Å². The second kappa shape index (κ2) is 7.93. The third-order valence-electron chi connectivity index (χ3n) is 4.73. The molecule has 1 unspecified atom stereocenters. The lowest BCUT2D eigenvalue weighted by Crippen LogP contribution is -2.18. The highest BCUT2D eigenvalue weighted by Gasteiger charge is 2.21. The first-order chi connectivity index (χ1) is 14.1. The molecule has 2 aromatic carbocycles. The number of H-pyrrole nitrogens is 1. The van der Waals surface area contributed by atoms with Crippen LogP contribution < -0.4 is 5.43 Å². The summed E-state index contributed by atoms with van der Waals surface area (Å²) in [6.07, 6.45) is 6.68. The summed E-state index contributed by atoms with van der Waals surface area (Å²) < 4.78 is 6.91. The Morgan fingerprint density at radius 3 is 2.76 bits per heavy atom. The first-order valence-corrected chi connectivity index (χ1v) is 9.52. The summed E-state index contributed by atoms with van der Waals surface area (Å²) in [6, 6.07) is 13.1. The van der Waals surface area contributed by atoms with E-state index in [0.717, 1.165) is 11.1 Å². The quantitative estimate of drug-likeness (QED) is 0.503. The average molecular weight is 408 g/mol. The van der Waals surface area contributed by atoms with Gasteiger partial charge in [-0.2, -0.15) is 0 Å². The molecule has 29 heavy (non-hydrogen) atoms. The summed E-state index contributed by atoms with van der Waals surface area (Å²) in [5, 5.41) is 0.758. The number of benzene rings is 2. The molecule has 6 nitrogen and oxygen atoms in total. The highest BCUT2D eigenvalue weighted by Crippen LogP contribution is 2.33. The minimum Gasteiger partial charge on any atom is -0.462 e. The number of fused-ring (bicyclic) bond motifs is 1. The van der Waals surface area contributed by atoms with Crippen LogP contribution in [0.2, 0.25) is 5.02 Å². The standard InChI is InChI=1S/C22H18ClN3O3/c1-2-29-22(28)17-12-25-19-11-15(18(23)10-16(19)21(17)27)20(26-9-8-24-13-26)14-6-4-3-5-7-14/h3-13,20H,2H2,1H3,(H,25,27). The van der Waals surface area contributed by atoms with Gasteiger partial charge in [0.25, 0.3) is 0 Å². The second-order valence-electron chi connectivity index (χ2n) is 6.49. The molecule has 0 aliphatic carbocycles. The molecule has 0 fully saturated rings. The van der Waals surface area contributed by atoms with E-state index in [1.807, 2.05) is 47.2 Å². The van der Waals surface area contributed by atoms with Crippen molar-refractivity contribution in [1.29, 1.82) is 0 Å². The smallest absolute Gasteiger partial charge is 0.343 e. The van der Waals surface area contributed by atoms with Gasteiger partial charge in [0, 0.05) is 40.1 Å². The zero-order valence-electron chi connectivity index (χ0n) is 15.6. The lowest BCUT2D eigenvalue weighted by atomic mass is 9.96. The van der Waals surface area contributed by atoms with Crippen LogP contribution in [0.1, 0.15) is 34.5 Å². The third-order valence-corrected chi connectivity index (χ3v) is 5.05. The summed E-state index contributed by atoms with van der Waals surface area (Å²) in [7, 11) is 0. The van der Waals surface area contributed by atoms with Crippen molar-refractivity contribution in [1.82, 2.24) is 14.5 Å². The average Bonchev–Trinajstić information content (AvgIpc) is 3.25. The van der Waals surface area contributed by atoms with E-state index in [9.17, 15) is 9.59 Å². The molecular weight excluding hydrogens is 390 g/mol. The Morgan fingerprint density at radius 1 is 1.28 bits per heavy atom. The van der Waals surface area contributed by atoms with E-state index in [0.29, 0.717) is 15.9 Å². The predicted molar refractivity (Wildman–Crippen MR) is 111 cm³/mol. The minimum atomic E-state index is -0.656. The maximum atomic E-state index is 12.8. The van der Waals surface area contributed by atoms with Crippen LogP contribution in [-0.4, -0.2) is 27.1 Å². The molecule has 0 saturated heterocycles. The van der Waals surface area contributed by atoms with Crippen molar-refractivity contribution in [2.24, 2.45) is 0 Å². The summed E-state index contributed by atoms with van der Waals surface area (Å²) in [6.45, 7) is 1.88. The fourth-order valence-corrected chi connectivity index (χ4v) is 3.66. The summed E-state index contributed by atoms with van der Waals surface area (Å²) in [4.78, 5) is 32.0. The number of nitrogens with one attached hydrogen (secondary N) is 1. The molecule has 2 heterocycles. The Hall–Kier alpha value is -3.38. The van der Waals surface area contributed by atoms with Crippen LogP contribution >= 0.6 is 11.6 Å². The molecule has 0 bridgehead atoms. The largest absolute Gasteiger partial charge is 0.462 e. The lowest BCUT2D eigenvalue weighted by molar-refractivity contribution is 0.0524. The number of carbonyl (C=O) groups excluding carboxylic acids is 1. The number of aromatic nitrogens is 3. The fraction of sp³-hybridized carbons (Fsp3) is 0.136. The molecule has 0 saturated carbocycles. The van der Waals surface area contributed by atoms with Crippen molar-refractivity contribution in [3.8, 4) is 0 Å². The fourth-order valence-electron chi connectivity index (χ4n) is 3.40. The zero-order chi connectivity index (χ0) is 20.4. The van der Waals surface area contributed by atoms with Gasteiger partial charge in [-0.25, -0.2) is 9.78 Å². The normalized spacial score (nSPS) is 12.1. The van der Waals surface area contributed by atoms with Gasteiger partial charge in [-0.05, 0) is 24.6 Å². The van der Waals surface area contributed by atoms with E-state index in [-0.39, 0.29) is 18.2 Å². The van der Waals surface area contributed by atoms with E-state index in [1.165, 1.54) is 6.20 Å². The molecule has 2 aromatic heterocycles. The molecule has 0 aliphatic rings. The van der Waals surface area contributed by atoms with Gasteiger partial charge in [-0.3, -0.25) is 4.79 Å². The first kappa shape index (κ1) is 19.0. The van der Waals surface area contributed by atoms with Gasteiger partial charge in [-0.15, -0.1) is 0 Å². The van der Waals surface area contributed by atoms with Crippen molar-refractivity contribution in [3.63, 3.8) is 0 Å². The molecular formula is C22H18ClN3O3. The maximum absolute atomic E-state index is 12.8. The highest BCUT2D eigenvalue weighted by molar-refractivity contribution is 6.32. The predicted octanol–water partition coefficient (Wildman–Crippen LogP) is 4.19. The summed E-state index contributed by atoms with van der Waals surface area (Å²) in [5.74, 6) is -0.656.